The minimum Gasteiger partial charge on any atom is -0.385 e. The number of aromatic nitrogens is 4. The van der Waals surface area contributed by atoms with Gasteiger partial charge >= 0.3 is 27.9 Å². The van der Waals surface area contributed by atoms with Gasteiger partial charge in [0.1, 0.15) is 20.4 Å². The number of H-pyrrole nitrogens is 2. The van der Waals surface area contributed by atoms with Gasteiger partial charge in [-0.1, -0.05) is 38.9 Å². The smallest absolute Gasteiger partial charge is 0.385 e. The summed E-state index contributed by atoms with van der Waals surface area (Å²) in [5.41, 5.74) is -2.54. The number of halogens is 3. The third-order valence-electron chi connectivity index (χ3n) is 7.85. The fourth-order valence-electron chi connectivity index (χ4n) is 5.41. The molecule has 0 radical (unpaired) electrons. The zero-order valence-corrected chi connectivity index (χ0v) is 39.5. The van der Waals surface area contributed by atoms with E-state index in [4.69, 9.17) is 40.3 Å². The number of aliphatic hydroxyl groups excluding tert-OH is 1. The predicted octanol–water partition coefficient (Wildman–Crippen LogP) is 6.51. The van der Waals surface area contributed by atoms with Crippen LogP contribution in [0.2, 0.25) is 0 Å². The van der Waals surface area contributed by atoms with Crippen molar-refractivity contribution in [1.29, 1.82) is 10.5 Å². The van der Waals surface area contributed by atoms with Crippen LogP contribution in [0.25, 0.3) is 0 Å². The van der Waals surface area contributed by atoms with Crippen molar-refractivity contribution >= 4 is 27.9 Å². The number of rotatable bonds is 15. The van der Waals surface area contributed by atoms with Gasteiger partial charge in [0, 0.05) is 36.6 Å². The van der Waals surface area contributed by atoms with Crippen molar-refractivity contribution in [2.24, 2.45) is 0 Å². The molecule has 3 N–H and O–H groups in total. The maximum absolute atomic E-state index is 15.3. The standard InChI is InChI=1S/C19H30FN4O5P.C10H13FN2O4.C3H5ClNOP.2C3H7.Ni/c1-6-14-16(20)17(18(28-14)23-10-8-15(25)22-19(23)26)29-30(27-11-7-9-21)24(12(2)3)13(4)5;1-2-5-7(11)8(15)9(17-5)13-4-3-6(14)12-10(13)16;4-7-6-3-1-2-5;2*1-3-2;/h8,10,12-14,16-18H,6-7,11H2,1-5H3,(H,22,25,26);3-5,7-9,15H,2H2,1H3,(H,12,14,16);7H,1,3H2;2*1,3H2,2H3;/q;;;2*-1;+2/t14-,16+,17?,18-,30?;5-,7+,8?,9-;;;;/m11..../s1. The molecule has 0 spiro atoms. The van der Waals surface area contributed by atoms with Crippen molar-refractivity contribution in [2.45, 2.75) is 155 Å². The Labute approximate surface area is 375 Å². The van der Waals surface area contributed by atoms with Gasteiger partial charge in [0.25, 0.3) is 19.6 Å². The maximum atomic E-state index is 15.3. The molecule has 23 heteroatoms. The van der Waals surface area contributed by atoms with Gasteiger partial charge in [0.2, 0.25) is 0 Å². The molecule has 61 heavy (non-hydrogen) atoms. The van der Waals surface area contributed by atoms with Crippen LogP contribution in [-0.4, -0.2) is 90.9 Å². The quantitative estimate of drug-likeness (QED) is 0.0750. The molecule has 2 fully saturated rings. The van der Waals surface area contributed by atoms with E-state index in [0.29, 0.717) is 25.9 Å². The molecule has 0 aliphatic carbocycles. The number of nitrogens with one attached hydrogen (secondary N) is 2. The summed E-state index contributed by atoms with van der Waals surface area (Å²) in [6, 6.07) is 6.31. The minimum absolute atomic E-state index is 0. The molecule has 350 valence electrons. The van der Waals surface area contributed by atoms with Crippen molar-refractivity contribution < 1.29 is 53.4 Å². The van der Waals surface area contributed by atoms with Gasteiger partial charge in [-0.25, -0.2) is 23.0 Å². The summed E-state index contributed by atoms with van der Waals surface area (Å²) in [7, 11) is -1.75. The van der Waals surface area contributed by atoms with Crippen molar-refractivity contribution in [2.75, 3.05) is 13.2 Å². The van der Waals surface area contributed by atoms with Gasteiger partial charge < -0.3 is 42.0 Å². The van der Waals surface area contributed by atoms with Crippen LogP contribution in [0.4, 0.5) is 8.78 Å². The molecule has 2 aliphatic heterocycles. The van der Waals surface area contributed by atoms with Gasteiger partial charge in [0.05, 0.1) is 50.4 Å². The number of hydrogen-bond donors (Lipinski definition) is 3. The Bertz CT molecular complexity index is 1790. The number of ether oxygens (including phenoxy) is 2. The molecular formula is C38H62ClF2N7NiO10P2. The molecule has 2 aromatic rings. The van der Waals surface area contributed by atoms with Gasteiger partial charge in [0.15, 0.2) is 24.8 Å². The Balaban J connectivity index is 0. The predicted molar refractivity (Wildman–Crippen MR) is 229 cm³/mol. The molecular weight excluding hydrogens is 909 g/mol. The second kappa shape index (κ2) is 34.0. The first-order chi connectivity index (χ1) is 28.5. The molecule has 17 nitrogen and oxygen atoms in total. The summed E-state index contributed by atoms with van der Waals surface area (Å²) in [6.07, 6.45) is -3.38. The van der Waals surface area contributed by atoms with E-state index < -0.39 is 80.2 Å². The Hall–Kier alpha value is -2.44. The molecule has 2 saturated heterocycles. The third kappa shape index (κ3) is 20.7. The van der Waals surface area contributed by atoms with E-state index in [9.17, 15) is 28.7 Å². The molecule has 10 atom stereocenters. The van der Waals surface area contributed by atoms with Gasteiger partial charge in [-0.2, -0.15) is 23.4 Å². The Morgan fingerprint density at radius 2 is 1.30 bits per heavy atom. The summed E-state index contributed by atoms with van der Waals surface area (Å²) in [5, 5.41) is 26.4. The average molecular weight is 971 g/mol. The molecule has 4 rings (SSSR count). The van der Waals surface area contributed by atoms with Gasteiger partial charge in [-0.05, 0) is 40.5 Å². The zero-order valence-electron chi connectivity index (χ0n) is 35.9. The summed E-state index contributed by atoms with van der Waals surface area (Å²) < 4.78 is 60.6. The van der Waals surface area contributed by atoms with Gasteiger partial charge in [-0.15, -0.1) is 0 Å². The maximum Gasteiger partial charge on any atom is 2.00 e. The molecule has 2 aliphatic rings. The Morgan fingerprint density at radius 3 is 1.69 bits per heavy atom. The van der Waals surface area contributed by atoms with E-state index in [0.717, 1.165) is 28.0 Å². The molecule has 2 aromatic heterocycles. The first-order valence-electron chi connectivity index (χ1n) is 19.6. The number of alkyl halides is 2. The number of aliphatic hydroxyl groups is 1. The fourth-order valence-corrected chi connectivity index (χ4v) is 7.55. The topological polar surface area (TPSA) is 227 Å². The van der Waals surface area contributed by atoms with Crippen molar-refractivity contribution in [3.8, 4) is 12.1 Å². The number of nitrogens with zero attached hydrogens (tertiary/aromatic N) is 5. The number of aromatic amines is 2. The largest absolute Gasteiger partial charge is 2.00 e. The van der Waals surface area contributed by atoms with Crippen LogP contribution >= 0.6 is 27.9 Å². The fraction of sp³-hybridized carbons (Fsp3) is 0.684. The second-order valence-electron chi connectivity index (χ2n) is 13.3. The molecule has 4 heterocycles. The number of hydrogen-bond acceptors (Lipinski definition) is 13. The minimum atomic E-state index is -1.73. The van der Waals surface area contributed by atoms with Gasteiger partial charge in [-0.3, -0.25) is 28.7 Å². The van der Waals surface area contributed by atoms with Crippen LogP contribution in [0.15, 0.2) is 43.7 Å². The summed E-state index contributed by atoms with van der Waals surface area (Å²) in [6.45, 7) is 23.0. The average Bonchev–Trinajstić information content (AvgIpc) is 3.65. The van der Waals surface area contributed by atoms with E-state index >= 15 is 4.39 Å². The van der Waals surface area contributed by atoms with Crippen LogP contribution in [0, 0.1) is 36.5 Å². The summed E-state index contributed by atoms with van der Waals surface area (Å²) >= 11 is 5.13. The summed E-state index contributed by atoms with van der Waals surface area (Å²) in [4.78, 5) is 50.2. The zero-order chi connectivity index (χ0) is 45.9. The van der Waals surface area contributed by atoms with Crippen LogP contribution in [0.1, 0.15) is 106 Å². The van der Waals surface area contributed by atoms with Crippen LogP contribution in [0.5, 0.6) is 0 Å². The van der Waals surface area contributed by atoms with Crippen LogP contribution in [-0.2, 0) is 39.5 Å². The normalized spacial score (nSPS) is 23.3. The molecule has 4 unspecified atom stereocenters. The SMILES string of the molecule is CC[C@H]1O[C@@H](n2ccc(=O)[nH]c2=O)C(O)[C@H]1F.CC[C@H]1O[C@@H](n2ccc(=O)[nH]c2=O)C(OP(OCCC#N)N(C(C)C)C(C)C)[C@H]1F.N#CCCOPCl.[CH2-]CC.[CH2-]CC.[Ni+2]. The van der Waals surface area contributed by atoms with E-state index in [-0.39, 0.29) is 49.8 Å². The molecule has 0 aromatic carbocycles. The van der Waals surface area contributed by atoms with E-state index in [1.165, 1.54) is 18.5 Å². The van der Waals surface area contributed by atoms with E-state index in [2.05, 4.69) is 23.4 Å². The first-order valence-corrected chi connectivity index (χ1v) is 22.6. The molecule has 0 amide bonds. The number of nitriles is 2. The molecule has 0 bridgehead atoms. The first kappa shape index (κ1) is 60.7. The summed E-state index contributed by atoms with van der Waals surface area (Å²) in [5.74, 6) is 0. The Kier molecular flexibility index (Phi) is 33.8. The van der Waals surface area contributed by atoms with Crippen molar-refractivity contribution in [3.63, 3.8) is 0 Å². The van der Waals surface area contributed by atoms with Crippen molar-refractivity contribution in [1.82, 2.24) is 23.8 Å². The van der Waals surface area contributed by atoms with E-state index in [1.807, 2.05) is 63.3 Å². The second-order valence-corrected chi connectivity index (χ2v) is 15.6. The van der Waals surface area contributed by atoms with Crippen LogP contribution in [0.3, 0.4) is 0 Å². The van der Waals surface area contributed by atoms with Crippen LogP contribution < -0.4 is 22.5 Å². The van der Waals surface area contributed by atoms with Crippen molar-refractivity contribution in [3.05, 3.63) is 80.1 Å². The third-order valence-corrected chi connectivity index (χ3v) is 10.6. The Morgan fingerprint density at radius 1 is 0.869 bits per heavy atom. The monoisotopic (exact) mass is 969 g/mol. The molecule has 0 saturated carbocycles. The van der Waals surface area contributed by atoms with E-state index in [1.54, 1.807) is 13.8 Å².